The molecule has 2 aromatic heterocycles. The van der Waals surface area contributed by atoms with Crippen molar-refractivity contribution < 1.29 is 0 Å². The average molecular weight is 245 g/mol. The van der Waals surface area contributed by atoms with E-state index in [1.165, 1.54) is 6.07 Å². The van der Waals surface area contributed by atoms with Gasteiger partial charge in [0.2, 0.25) is 5.56 Å². The lowest BCUT2D eigenvalue weighted by atomic mass is 9.98. The van der Waals surface area contributed by atoms with Crippen molar-refractivity contribution >= 4 is 0 Å². The van der Waals surface area contributed by atoms with Crippen LogP contribution in [0, 0.1) is 5.92 Å². The molecule has 0 saturated heterocycles. The monoisotopic (exact) mass is 245 g/mol. The second-order valence-corrected chi connectivity index (χ2v) is 4.63. The van der Waals surface area contributed by atoms with Crippen molar-refractivity contribution in [3.05, 3.63) is 34.5 Å². The molecule has 0 spiro atoms. The minimum absolute atomic E-state index is 0.111. The average Bonchev–Trinajstić information content (AvgIpc) is 2.82. The summed E-state index contributed by atoms with van der Waals surface area (Å²) >= 11 is 0. The lowest BCUT2D eigenvalue weighted by molar-refractivity contribution is 0.391. The molecule has 0 aromatic carbocycles. The molecule has 3 rings (SSSR count). The maximum atomic E-state index is 11.0. The van der Waals surface area contributed by atoms with E-state index < -0.39 is 0 Å². The van der Waals surface area contributed by atoms with Gasteiger partial charge in [0.1, 0.15) is 5.82 Å². The zero-order valence-electron chi connectivity index (χ0n) is 9.97. The van der Waals surface area contributed by atoms with Crippen LogP contribution >= 0.6 is 0 Å². The van der Waals surface area contributed by atoms with Gasteiger partial charge in [-0.05, 0) is 24.9 Å². The van der Waals surface area contributed by atoms with Gasteiger partial charge >= 0.3 is 0 Å². The molecule has 0 bridgehead atoms. The molecule has 2 aromatic rings. The molecule has 1 aliphatic rings. The first-order valence-corrected chi connectivity index (χ1v) is 6.09. The predicted molar refractivity (Wildman–Crippen MR) is 66.9 cm³/mol. The summed E-state index contributed by atoms with van der Waals surface area (Å²) in [5.41, 5.74) is 6.48. The van der Waals surface area contributed by atoms with Crippen LogP contribution in [-0.4, -0.2) is 26.3 Å². The number of aromatic amines is 1. The lowest BCUT2D eigenvalue weighted by Gasteiger charge is -2.22. The Morgan fingerprint density at radius 2 is 2.33 bits per heavy atom. The van der Waals surface area contributed by atoms with Crippen LogP contribution in [0.1, 0.15) is 12.2 Å². The minimum atomic E-state index is -0.111. The van der Waals surface area contributed by atoms with Gasteiger partial charge in [0.25, 0.3) is 0 Å². The fraction of sp³-hybridized carbons (Fsp3) is 0.417. The molecule has 0 fully saturated rings. The Bertz CT molecular complexity index is 595. The summed E-state index contributed by atoms with van der Waals surface area (Å²) in [7, 11) is 0. The van der Waals surface area contributed by atoms with E-state index in [-0.39, 0.29) is 5.56 Å². The SMILES string of the molecule is NCC1CCn2c(nnc2-c2ccc(=O)[nH]c2)C1. The predicted octanol–water partition coefficient (Wildman–Crippen LogP) is 0.154. The van der Waals surface area contributed by atoms with Crippen LogP contribution in [0.3, 0.4) is 0 Å². The Morgan fingerprint density at radius 1 is 1.44 bits per heavy atom. The molecular weight excluding hydrogens is 230 g/mol. The van der Waals surface area contributed by atoms with Gasteiger partial charge in [-0.15, -0.1) is 10.2 Å². The van der Waals surface area contributed by atoms with Gasteiger partial charge in [0.05, 0.1) is 0 Å². The van der Waals surface area contributed by atoms with Gasteiger partial charge in [-0.3, -0.25) is 4.79 Å². The Labute approximate surface area is 104 Å². The number of nitrogens with one attached hydrogen (secondary N) is 1. The van der Waals surface area contributed by atoms with Crippen LogP contribution in [0.4, 0.5) is 0 Å². The topological polar surface area (TPSA) is 89.6 Å². The van der Waals surface area contributed by atoms with Crippen molar-refractivity contribution in [2.75, 3.05) is 6.54 Å². The number of H-pyrrole nitrogens is 1. The molecule has 1 atom stereocenters. The summed E-state index contributed by atoms with van der Waals surface area (Å²) in [6, 6.07) is 3.27. The van der Waals surface area contributed by atoms with Crippen LogP contribution < -0.4 is 11.3 Å². The highest BCUT2D eigenvalue weighted by molar-refractivity contribution is 5.53. The number of hydrogen-bond donors (Lipinski definition) is 2. The van der Waals surface area contributed by atoms with Crippen molar-refractivity contribution in [3.63, 3.8) is 0 Å². The van der Waals surface area contributed by atoms with Crippen molar-refractivity contribution in [2.24, 2.45) is 11.7 Å². The van der Waals surface area contributed by atoms with E-state index in [1.54, 1.807) is 12.3 Å². The Kier molecular flexibility index (Phi) is 2.71. The molecule has 94 valence electrons. The first-order chi connectivity index (χ1) is 8.78. The number of nitrogens with two attached hydrogens (primary N) is 1. The third-order valence-electron chi connectivity index (χ3n) is 3.44. The molecule has 6 heteroatoms. The maximum absolute atomic E-state index is 11.0. The summed E-state index contributed by atoms with van der Waals surface area (Å²) in [5, 5.41) is 8.44. The molecule has 3 heterocycles. The number of rotatable bonds is 2. The second-order valence-electron chi connectivity index (χ2n) is 4.63. The van der Waals surface area contributed by atoms with E-state index in [0.717, 1.165) is 36.6 Å². The van der Waals surface area contributed by atoms with Crippen molar-refractivity contribution in [1.82, 2.24) is 19.7 Å². The van der Waals surface area contributed by atoms with Crippen LogP contribution in [0.2, 0.25) is 0 Å². The van der Waals surface area contributed by atoms with Crippen LogP contribution in [0.15, 0.2) is 23.1 Å². The summed E-state index contributed by atoms with van der Waals surface area (Å²) < 4.78 is 2.11. The molecule has 18 heavy (non-hydrogen) atoms. The second kappa shape index (κ2) is 4.38. The molecule has 0 saturated carbocycles. The molecule has 0 amide bonds. The zero-order chi connectivity index (χ0) is 12.5. The highest BCUT2D eigenvalue weighted by atomic mass is 16.1. The van der Waals surface area contributed by atoms with Gasteiger partial charge in [-0.1, -0.05) is 0 Å². The zero-order valence-corrected chi connectivity index (χ0v) is 9.97. The number of pyridine rings is 1. The highest BCUT2D eigenvalue weighted by Crippen LogP contribution is 2.24. The van der Waals surface area contributed by atoms with Gasteiger partial charge in [-0.2, -0.15) is 0 Å². The lowest BCUT2D eigenvalue weighted by Crippen LogP contribution is -2.25. The van der Waals surface area contributed by atoms with Crippen molar-refractivity contribution in [3.8, 4) is 11.4 Å². The van der Waals surface area contributed by atoms with E-state index in [4.69, 9.17) is 5.73 Å². The maximum Gasteiger partial charge on any atom is 0.247 e. The molecule has 6 nitrogen and oxygen atoms in total. The first kappa shape index (κ1) is 11.2. The van der Waals surface area contributed by atoms with Gasteiger partial charge < -0.3 is 15.3 Å². The third kappa shape index (κ3) is 1.84. The molecule has 0 aliphatic carbocycles. The highest BCUT2D eigenvalue weighted by Gasteiger charge is 2.22. The van der Waals surface area contributed by atoms with E-state index in [9.17, 15) is 4.79 Å². The largest absolute Gasteiger partial charge is 0.330 e. The number of hydrogen-bond acceptors (Lipinski definition) is 4. The fourth-order valence-electron chi connectivity index (χ4n) is 2.36. The quantitative estimate of drug-likeness (QED) is 0.788. The summed E-state index contributed by atoms with van der Waals surface area (Å²) in [6.07, 6.45) is 3.61. The van der Waals surface area contributed by atoms with Gasteiger partial charge in [0.15, 0.2) is 5.82 Å². The number of fused-ring (bicyclic) bond motifs is 1. The Hall–Kier alpha value is -1.95. The first-order valence-electron chi connectivity index (χ1n) is 6.09. The van der Waals surface area contributed by atoms with Crippen molar-refractivity contribution in [1.29, 1.82) is 0 Å². The molecule has 1 unspecified atom stereocenters. The van der Waals surface area contributed by atoms with E-state index in [1.807, 2.05) is 0 Å². The normalized spacial score (nSPS) is 18.6. The fourth-order valence-corrected chi connectivity index (χ4v) is 2.36. The summed E-state index contributed by atoms with van der Waals surface area (Å²) in [6.45, 7) is 1.58. The van der Waals surface area contributed by atoms with Crippen LogP contribution in [0.5, 0.6) is 0 Å². The van der Waals surface area contributed by atoms with Crippen LogP contribution in [-0.2, 0) is 13.0 Å². The van der Waals surface area contributed by atoms with E-state index >= 15 is 0 Å². The Morgan fingerprint density at radius 3 is 3.06 bits per heavy atom. The molecular formula is C12H15N5O. The number of aromatic nitrogens is 4. The third-order valence-corrected chi connectivity index (χ3v) is 3.44. The molecule has 0 radical (unpaired) electrons. The molecule has 3 N–H and O–H groups in total. The van der Waals surface area contributed by atoms with Gasteiger partial charge in [-0.25, -0.2) is 0 Å². The smallest absolute Gasteiger partial charge is 0.247 e. The minimum Gasteiger partial charge on any atom is -0.330 e. The Balaban J connectivity index is 1.98. The van der Waals surface area contributed by atoms with Gasteiger partial charge in [0, 0.05) is 30.8 Å². The molecule has 1 aliphatic heterocycles. The summed E-state index contributed by atoms with van der Waals surface area (Å²) in [5.74, 6) is 2.31. The standard InChI is InChI=1S/C12H15N5O/c13-6-8-3-4-17-10(5-8)15-16-12(17)9-1-2-11(18)14-7-9/h1-2,7-8H,3-6,13H2,(H,14,18). The van der Waals surface area contributed by atoms with E-state index in [0.29, 0.717) is 12.5 Å². The number of nitrogens with zero attached hydrogens (tertiary/aromatic N) is 3. The van der Waals surface area contributed by atoms with E-state index in [2.05, 4.69) is 19.7 Å². The van der Waals surface area contributed by atoms with Crippen molar-refractivity contribution in [2.45, 2.75) is 19.4 Å². The van der Waals surface area contributed by atoms with Crippen LogP contribution in [0.25, 0.3) is 11.4 Å². The summed E-state index contributed by atoms with van der Waals surface area (Å²) in [4.78, 5) is 13.7.